The summed E-state index contributed by atoms with van der Waals surface area (Å²) in [6.07, 6.45) is 0. The fraction of sp³-hybridized carbons (Fsp3) is 0.375. The first-order chi connectivity index (χ1) is 9.88. The Bertz CT molecular complexity index is 624. The number of aromatic nitrogens is 2. The zero-order chi connectivity index (χ0) is 15.6. The molecule has 21 heavy (non-hydrogen) atoms. The van der Waals surface area contributed by atoms with Crippen LogP contribution in [-0.4, -0.2) is 17.0 Å². The highest BCUT2D eigenvalue weighted by atomic mass is 35.5. The van der Waals surface area contributed by atoms with Crippen molar-refractivity contribution in [3.63, 3.8) is 0 Å². The Labute approximate surface area is 135 Å². The number of nitrogens with zero attached hydrogens (tertiary/aromatic N) is 3. The lowest BCUT2D eigenvalue weighted by Crippen LogP contribution is -2.20. The molecule has 112 valence electrons. The minimum absolute atomic E-state index is 0.241. The van der Waals surface area contributed by atoms with Gasteiger partial charge in [0.15, 0.2) is 0 Å². The van der Waals surface area contributed by atoms with E-state index in [-0.39, 0.29) is 5.92 Å². The lowest BCUT2D eigenvalue weighted by Gasteiger charge is -2.22. The van der Waals surface area contributed by atoms with Gasteiger partial charge in [0.05, 0.1) is 0 Å². The van der Waals surface area contributed by atoms with Crippen molar-refractivity contribution in [2.75, 3.05) is 11.9 Å². The molecule has 1 aromatic heterocycles. The molecule has 1 aromatic carbocycles. The molecule has 0 aliphatic heterocycles. The largest absolute Gasteiger partial charge is 0.355 e. The van der Waals surface area contributed by atoms with E-state index in [1.165, 1.54) is 5.56 Å². The summed E-state index contributed by atoms with van der Waals surface area (Å²) >= 11 is 12.2. The molecule has 0 spiro atoms. The second-order valence-corrected chi connectivity index (χ2v) is 6.25. The zero-order valence-electron chi connectivity index (χ0n) is 12.7. The summed E-state index contributed by atoms with van der Waals surface area (Å²) in [5.41, 5.74) is 2.07. The third kappa shape index (κ3) is 3.86. The van der Waals surface area contributed by atoms with Crippen LogP contribution in [0.5, 0.6) is 0 Å². The Balaban J connectivity index is 2.29. The maximum atomic E-state index is 6.24. The molecular weight excluding hydrogens is 305 g/mol. The van der Waals surface area contributed by atoms with Crippen LogP contribution in [-0.2, 0) is 6.54 Å². The average molecular weight is 324 g/mol. The summed E-state index contributed by atoms with van der Waals surface area (Å²) in [6.45, 7) is 6.80. The van der Waals surface area contributed by atoms with Crippen molar-refractivity contribution in [3.8, 4) is 0 Å². The highest BCUT2D eigenvalue weighted by Gasteiger charge is 2.15. The van der Waals surface area contributed by atoms with Crippen LogP contribution in [0.2, 0.25) is 10.2 Å². The van der Waals surface area contributed by atoms with Crippen LogP contribution in [0.3, 0.4) is 0 Å². The van der Waals surface area contributed by atoms with Crippen LogP contribution >= 0.6 is 23.2 Å². The molecule has 0 bridgehead atoms. The van der Waals surface area contributed by atoms with Gasteiger partial charge in [0.2, 0.25) is 0 Å². The molecule has 5 heteroatoms. The lowest BCUT2D eigenvalue weighted by molar-refractivity contribution is 0.758. The van der Waals surface area contributed by atoms with Gasteiger partial charge in [0.25, 0.3) is 0 Å². The fourth-order valence-electron chi connectivity index (χ4n) is 2.06. The van der Waals surface area contributed by atoms with Crippen LogP contribution < -0.4 is 4.90 Å². The summed E-state index contributed by atoms with van der Waals surface area (Å²) in [5.74, 6) is 1.88. The molecule has 0 N–H and O–H groups in total. The van der Waals surface area contributed by atoms with E-state index in [2.05, 4.69) is 28.7 Å². The molecule has 0 aliphatic rings. The molecule has 0 saturated heterocycles. The second-order valence-electron chi connectivity index (χ2n) is 5.46. The number of benzene rings is 1. The maximum Gasteiger partial charge on any atom is 0.137 e. The number of rotatable bonds is 4. The molecule has 0 atom stereocenters. The molecule has 0 saturated carbocycles. The minimum atomic E-state index is 0.241. The van der Waals surface area contributed by atoms with Crippen LogP contribution in [0.4, 0.5) is 5.82 Å². The summed E-state index contributed by atoms with van der Waals surface area (Å²) in [6, 6.07) is 7.81. The first kappa shape index (κ1) is 16.1. The highest BCUT2D eigenvalue weighted by Crippen LogP contribution is 2.26. The van der Waals surface area contributed by atoms with Gasteiger partial charge in [-0.25, -0.2) is 9.97 Å². The van der Waals surface area contributed by atoms with Crippen molar-refractivity contribution in [3.05, 3.63) is 51.4 Å². The van der Waals surface area contributed by atoms with Crippen molar-refractivity contribution < 1.29 is 0 Å². The number of halogens is 2. The molecule has 0 amide bonds. The van der Waals surface area contributed by atoms with E-state index in [0.717, 1.165) is 28.8 Å². The summed E-state index contributed by atoms with van der Waals surface area (Å²) < 4.78 is 0. The summed E-state index contributed by atoms with van der Waals surface area (Å²) in [7, 11) is 2.00. The normalized spacial score (nSPS) is 11.0. The topological polar surface area (TPSA) is 29.0 Å². The van der Waals surface area contributed by atoms with Crippen molar-refractivity contribution in [1.29, 1.82) is 0 Å². The van der Waals surface area contributed by atoms with E-state index in [4.69, 9.17) is 23.2 Å². The third-order valence-electron chi connectivity index (χ3n) is 3.29. The van der Waals surface area contributed by atoms with Gasteiger partial charge in [0, 0.05) is 30.1 Å². The second kappa shape index (κ2) is 6.63. The molecule has 0 unspecified atom stereocenters. The van der Waals surface area contributed by atoms with Gasteiger partial charge in [-0.3, -0.25) is 0 Å². The van der Waals surface area contributed by atoms with Crippen LogP contribution in [0.1, 0.15) is 36.7 Å². The highest BCUT2D eigenvalue weighted by molar-refractivity contribution is 6.30. The standard InChI is InChI=1S/C16H19Cl2N3/c1-10(2)15-19-14(18)11(3)16(20-15)21(4)9-12-5-7-13(17)8-6-12/h5-8,10H,9H2,1-4H3. The van der Waals surface area contributed by atoms with Gasteiger partial charge >= 0.3 is 0 Å². The van der Waals surface area contributed by atoms with Crippen molar-refractivity contribution in [1.82, 2.24) is 9.97 Å². The van der Waals surface area contributed by atoms with Gasteiger partial charge in [-0.05, 0) is 24.6 Å². The van der Waals surface area contributed by atoms with E-state index < -0.39 is 0 Å². The van der Waals surface area contributed by atoms with Gasteiger partial charge in [-0.15, -0.1) is 0 Å². The summed E-state index contributed by atoms with van der Waals surface area (Å²) in [4.78, 5) is 11.1. The number of anilines is 1. The van der Waals surface area contributed by atoms with E-state index in [1.807, 2.05) is 38.2 Å². The van der Waals surface area contributed by atoms with E-state index in [0.29, 0.717) is 5.15 Å². The Morgan fingerprint density at radius 2 is 1.71 bits per heavy atom. The summed E-state index contributed by atoms with van der Waals surface area (Å²) in [5, 5.41) is 1.26. The van der Waals surface area contributed by atoms with Crippen LogP contribution in [0, 0.1) is 6.92 Å². The Hall–Kier alpha value is -1.32. The van der Waals surface area contributed by atoms with Gasteiger partial charge < -0.3 is 4.90 Å². The smallest absolute Gasteiger partial charge is 0.137 e. The van der Waals surface area contributed by atoms with Crippen molar-refractivity contribution in [2.24, 2.45) is 0 Å². The Morgan fingerprint density at radius 1 is 1.10 bits per heavy atom. The minimum Gasteiger partial charge on any atom is -0.355 e. The molecule has 0 aliphatic carbocycles. The molecular formula is C16H19Cl2N3. The Morgan fingerprint density at radius 3 is 2.29 bits per heavy atom. The van der Waals surface area contributed by atoms with Gasteiger partial charge in [0.1, 0.15) is 16.8 Å². The Kier molecular flexibility index (Phi) is 5.07. The van der Waals surface area contributed by atoms with Crippen LogP contribution in [0.15, 0.2) is 24.3 Å². The molecule has 2 rings (SSSR count). The van der Waals surface area contributed by atoms with Gasteiger partial charge in [-0.2, -0.15) is 0 Å². The van der Waals surface area contributed by atoms with Crippen molar-refractivity contribution in [2.45, 2.75) is 33.2 Å². The molecule has 0 fully saturated rings. The van der Waals surface area contributed by atoms with E-state index >= 15 is 0 Å². The molecule has 0 radical (unpaired) electrons. The average Bonchev–Trinajstić information content (AvgIpc) is 2.43. The first-order valence-corrected chi connectivity index (χ1v) is 7.63. The van der Waals surface area contributed by atoms with E-state index in [1.54, 1.807) is 0 Å². The predicted molar refractivity (Wildman–Crippen MR) is 89.4 cm³/mol. The van der Waals surface area contributed by atoms with Gasteiger partial charge in [-0.1, -0.05) is 49.2 Å². The van der Waals surface area contributed by atoms with Crippen LogP contribution in [0.25, 0.3) is 0 Å². The predicted octanol–water partition coefficient (Wildman–Crippen LogP) is 4.85. The fourth-order valence-corrected chi connectivity index (χ4v) is 2.36. The zero-order valence-corrected chi connectivity index (χ0v) is 14.2. The molecule has 1 heterocycles. The number of hydrogen-bond donors (Lipinski definition) is 0. The first-order valence-electron chi connectivity index (χ1n) is 6.88. The SMILES string of the molecule is Cc1c(Cl)nc(C(C)C)nc1N(C)Cc1ccc(Cl)cc1. The molecule has 2 aromatic rings. The third-order valence-corrected chi connectivity index (χ3v) is 3.91. The van der Waals surface area contributed by atoms with Crippen molar-refractivity contribution >= 4 is 29.0 Å². The molecule has 3 nitrogen and oxygen atoms in total. The monoisotopic (exact) mass is 323 g/mol. The number of hydrogen-bond acceptors (Lipinski definition) is 3. The maximum absolute atomic E-state index is 6.24. The van der Waals surface area contributed by atoms with E-state index in [9.17, 15) is 0 Å². The lowest BCUT2D eigenvalue weighted by atomic mass is 10.2. The quantitative estimate of drug-likeness (QED) is 0.753.